The molecule has 22 heavy (non-hydrogen) atoms. The minimum atomic E-state index is -0.886. The van der Waals surface area contributed by atoms with Crippen LogP contribution in [-0.2, 0) is 6.42 Å². The summed E-state index contributed by atoms with van der Waals surface area (Å²) in [6.45, 7) is 10.5. The van der Waals surface area contributed by atoms with Gasteiger partial charge in [-0.3, -0.25) is 0 Å². The number of amides is 2. The van der Waals surface area contributed by atoms with Crippen LogP contribution in [0.2, 0.25) is 0 Å². The van der Waals surface area contributed by atoms with E-state index in [2.05, 4.69) is 37.4 Å². The van der Waals surface area contributed by atoms with Crippen LogP contribution < -0.4 is 5.32 Å². The molecule has 1 aromatic rings. The molecule has 0 radical (unpaired) electrons. The second kappa shape index (κ2) is 6.29. The number of urea groups is 1. The third kappa shape index (κ3) is 3.80. The summed E-state index contributed by atoms with van der Waals surface area (Å²) in [5.41, 5.74) is 2.90. The molecule has 0 bridgehead atoms. The Morgan fingerprint density at radius 1 is 1.45 bits per heavy atom. The maximum atomic E-state index is 12.6. The Labute approximate surface area is 133 Å². The first kappa shape index (κ1) is 16.8. The summed E-state index contributed by atoms with van der Waals surface area (Å²) in [5.74, 6) is 0.390. The fourth-order valence-electron chi connectivity index (χ4n) is 3.20. The lowest BCUT2D eigenvalue weighted by atomic mass is 10.0. The van der Waals surface area contributed by atoms with Crippen LogP contribution in [0.3, 0.4) is 0 Å². The molecule has 4 heteroatoms. The van der Waals surface area contributed by atoms with Gasteiger partial charge in [0, 0.05) is 6.54 Å². The van der Waals surface area contributed by atoms with Crippen molar-refractivity contribution < 1.29 is 9.90 Å². The van der Waals surface area contributed by atoms with E-state index in [9.17, 15) is 9.90 Å². The summed E-state index contributed by atoms with van der Waals surface area (Å²) in [6.07, 6.45) is 0.998. The van der Waals surface area contributed by atoms with Crippen molar-refractivity contribution in [3.8, 4) is 0 Å². The lowest BCUT2D eigenvalue weighted by Gasteiger charge is -2.30. The lowest BCUT2D eigenvalue weighted by Crippen LogP contribution is -2.48. The van der Waals surface area contributed by atoms with Crippen molar-refractivity contribution in [2.24, 2.45) is 5.92 Å². The van der Waals surface area contributed by atoms with Gasteiger partial charge in [-0.05, 0) is 51.2 Å². The highest BCUT2D eigenvalue weighted by Gasteiger charge is 2.32. The molecule has 2 atom stereocenters. The molecule has 1 aliphatic rings. The van der Waals surface area contributed by atoms with E-state index in [1.807, 2.05) is 6.92 Å². The summed E-state index contributed by atoms with van der Waals surface area (Å²) >= 11 is 0. The van der Waals surface area contributed by atoms with Crippen LogP contribution in [0.4, 0.5) is 4.79 Å². The largest absolute Gasteiger partial charge is 0.389 e. The predicted octanol–water partition coefficient (Wildman–Crippen LogP) is 3.03. The molecule has 2 rings (SSSR count). The zero-order chi connectivity index (χ0) is 16.5. The van der Waals surface area contributed by atoms with E-state index >= 15 is 0 Å². The standard InChI is InChI=1S/C18H28N2O2/c1-6-20(11-18(4,5)22)17(21)19-16-13(3)10-14-8-7-12(2)9-15(14)16/h7-9,13,16,22H,6,10-11H2,1-5H3,(H,19,21). The summed E-state index contributed by atoms with van der Waals surface area (Å²) in [7, 11) is 0. The molecule has 0 saturated heterocycles. The van der Waals surface area contributed by atoms with Gasteiger partial charge in [0.05, 0.1) is 18.2 Å². The van der Waals surface area contributed by atoms with Crippen LogP contribution in [-0.4, -0.2) is 34.7 Å². The van der Waals surface area contributed by atoms with Gasteiger partial charge in [0.15, 0.2) is 0 Å². The first-order chi connectivity index (χ1) is 10.2. The van der Waals surface area contributed by atoms with E-state index in [1.165, 1.54) is 16.7 Å². The summed E-state index contributed by atoms with van der Waals surface area (Å²) < 4.78 is 0. The average molecular weight is 304 g/mol. The molecule has 1 aliphatic carbocycles. The molecule has 4 nitrogen and oxygen atoms in total. The Hall–Kier alpha value is -1.55. The number of nitrogens with zero attached hydrogens (tertiary/aromatic N) is 1. The van der Waals surface area contributed by atoms with Crippen molar-refractivity contribution in [2.45, 2.75) is 52.7 Å². The van der Waals surface area contributed by atoms with Crippen molar-refractivity contribution >= 4 is 6.03 Å². The van der Waals surface area contributed by atoms with Crippen molar-refractivity contribution in [3.63, 3.8) is 0 Å². The van der Waals surface area contributed by atoms with Crippen LogP contribution in [0.5, 0.6) is 0 Å². The Bertz CT molecular complexity index is 549. The highest BCUT2D eigenvalue weighted by atomic mass is 16.3. The minimum absolute atomic E-state index is 0.0539. The molecule has 0 heterocycles. The highest BCUT2D eigenvalue weighted by Crippen LogP contribution is 2.36. The Balaban J connectivity index is 2.13. The Morgan fingerprint density at radius 3 is 2.73 bits per heavy atom. The molecule has 0 spiro atoms. The van der Waals surface area contributed by atoms with E-state index in [4.69, 9.17) is 0 Å². The van der Waals surface area contributed by atoms with E-state index in [1.54, 1.807) is 18.7 Å². The van der Waals surface area contributed by atoms with Crippen molar-refractivity contribution in [1.29, 1.82) is 0 Å². The van der Waals surface area contributed by atoms with Gasteiger partial charge in [-0.1, -0.05) is 30.7 Å². The molecule has 2 unspecified atom stereocenters. The van der Waals surface area contributed by atoms with Crippen LogP contribution in [0.15, 0.2) is 18.2 Å². The van der Waals surface area contributed by atoms with Gasteiger partial charge in [0.1, 0.15) is 0 Å². The van der Waals surface area contributed by atoms with E-state index in [0.717, 1.165) is 6.42 Å². The van der Waals surface area contributed by atoms with Crippen molar-refractivity contribution in [3.05, 3.63) is 34.9 Å². The van der Waals surface area contributed by atoms with Crippen LogP contribution in [0.25, 0.3) is 0 Å². The lowest BCUT2D eigenvalue weighted by molar-refractivity contribution is 0.0473. The zero-order valence-corrected chi connectivity index (χ0v) is 14.3. The van der Waals surface area contributed by atoms with Gasteiger partial charge in [-0.25, -0.2) is 4.79 Å². The maximum Gasteiger partial charge on any atom is 0.317 e. The number of benzene rings is 1. The van der Waals surface area contributed by atoms with Gasteiger partial charge in [-0.15, -0.1) is 0 Å². The number of carbonyl (C=O) groups excluding carboxylic acids is 1. The quantitative estimate of drug-likeness (QED) is 0.898. The summed E-state index contributed by atoms with van der Waals surface area (Å²) in [4.78, 5) is 14.2. The normalized spacial score (nSPS) is 20.6. The highest BCUT2D eigenvalue weighted by molar-refractivity contribution is 5.75. The van der Waals surface area contributed by atoms with Gasteiger partial charge >= 0.3 is 6.03 Å². The first-order valence-electron chi connectivity index (χ1n) is 8.08. The van der Waals surface area contributed by atoms with E-state index in [0.29, 0.717) is 19.0 Å². The van der Waals surface area contributed by atoms with Gasteiger partial charge < -0.3 is 15.3 Å². The molecule has 1 aromatic carbocycles. The number of carbonyl (C=O) groups is 1. The Kier molecular flexibility index (Phi) is 4.81. The Morgan fingerprint density at radius 2 is 2.14 bits per heavy atom. The first-order valence-corrected chi connectivity index (χ1v) is 8.08. The third-order valence-electron chi connectivity index (χ3n) is 4.27. The molecule has 0 saturated carbocycles. The molecule has 0 aliphatic heterocycles. The predicted molar refractivity (Wildman–Crippen MR) is 88.9 cm³/mol. The van der Waals surface area contributed by atoms with E-state index < -0.39 is 5.60 Å². The monoisotopic (exact) mass is 304 g/mol. The number of likely N-dealkylation sites (N-methyl/N-ethyl adjacent to an activating group) is 1. The number of hydrogen-bond donors (Lipinski definition) is 2. The van der Waals surface area contributed by atoms with Crippen molar-refractivity contribution in [1.82, 2.24) is 10.2 Å². The maximum absolute atomic E-state index is 12.6. The fourth-order valence-corrected chi connectivity index (χ4v) is 3.20. The number of rotatable bonds is 4. The van der Waals surface area contributed by atoms with Crippen molar-refractivity contribution in [2.75, 3.05) is 13.1 Å². The summed E-state index contributed by atoms with van der Waals surface area (Å²) in [5, 5.41) is 13.1. The molecule has 2 amide bonds. The molecule has 0 fully saturated rings. The fraction of sp³-hybridized carbons (Fsp3) is 0.611. The second-order valence-corrected chi connectivity index (χ2v) is 7.14. The zero-order valence-electron chi connectivity index (χ0n) is 14.3. The van der Waals surface area contributed by atoms with Gasteiger partial charge in [0.2, 0.25) is 0 Å². The van der Waals surface area contributed by atoms with Gasteiger partial charge in [0.25, 0.3) is 0 Å². The topological polar surface area (TPSA) is 52.6 Å². The smallest absolute Gasteiger partial charge is 0.317 e. The second-order valence-electron chi connectivity index (χ2n) is 7.14. The minimum Gasteiger partial charge on any atom is -0.389 e. The number of aryl methyl sites for hydroxylation is 1. The number of fused-ring (bicyclic) bond motifs is 1. The SMILES string of the molecule is CCN(CC(C)(C)O)C(=O)NC1c2cc(C)ccc2CC1C. The molecular weight excluding hydrogens is 276 g/mol. The third-order valence-corrected chi connectivity index (χ3v) is 4.27. The molecular formula is C18H28N2O2. The summed E-state index contributed by atoms with van der Waals surface area (Å²) in [6, 6.07) is 6.43. The number of hydrogen-bond acceptors (Lipinski definition) is 2. The molecule has 0 aromatic heterocycles. The van der Waals surface area contributed by atoms with Crippen LogP contribution >= 0.6 is 0 Å². The van der Waals surface area contributed by atoms with Gasteiger partial charge in [-0.2, -0.15) is 0 Å². The van der Waals surface area contributed by atoms with Crippen LogP contribution in [0.1, 0.15) is 50.4 Å². The van der Waals surface area contributed by atoms with Crippen LogP contribution in [0, 0.1) is 12.8 Å². The van der Waals surface area contributed by atoms with E-state index in [-0.39, 0.29) is 12.1 Å². The molecule has 122 valence electrons. The number of nitrogens with one attached hydrogen (secondary N) is 1. The molecule has 2 N–H and O–H groups in total. The number of aliphatic hydroxyl groups is 1. The average Bonchev–Trinajstić information content (AvgIpc) is 2.71.